The van der Waals surface area contributed by atoms with Crippen molar-refractivity contribution in [2.75, 3.05) is 18.9 Å². The lowest BCUT2D eigenvalue weighted by Gasteiger charge is -2.21. The van der Waals surface area contributed by atoms with Crippen LogP contribution in [0, 0.1) is 0 Å². The number of rotatable bonds is 9. The molecule has 3 aromatic rings. The van der Waals surface area contributed by atoms with E-state index in [-0.39, 0.29) is 12.0 Å². The highest BCUT2D eigenvalue weighted by Crippen LogP contribution is 2.29. The first-order chi connectivity index (χ1) is 14.7. The Balaban J connectivity index is 1.46. The van der Waals surface area contributed by atoms with Crippen LogP contribution in [0.1, 0.15) is 25.3 Å². The monoisotopic (exact) mass is 442 g/mol. The molecule has 1 unspecified atom stereocenters. The van der Waals surface area contributed by atoms with Crippen molar-refractivity contribution in [3.05, 3.63) is 53.4 Å². The van der Waals surface area contributed by atoms with E-state index in [1.165, 1.54) is 11.8 Å². The molecule has 0 N–H and O–H groups in total. The molecule has 0 bridgehead atoms. The molecule has 1 atom stereocenters. The van der Waals surface area contributed by atoms with Gasteiger partial charge in [-0.3, -0.25) is 9.36 Å². The molecule has 1 aliphatic heterocycles. The zero-order valence-electron chi connectivity index (χ0n) is 17.1. The zero-order valence-corrected chi connectivity index (χ0v) is 18.7. The molecule has 2 aromatic heterocycles. The van der Waals surface area contributed by atoms with Crippen molar-refractivity contribution < 1.29 is 9.53 Å². The molecule has 30 heavy (non-hydrogen) atoms. The number of nitrogens with zero attached hydrogens (tertiary/aromatic N) is 4. The number of thioether (sulfide) groups is 1. The molecule has 1 aliphatic rings. The molecule has 158 valence electrons. The summed E-state index contributed by atoms with van der Waals surface area (Å²) in [6, 6.07) is 14.2. The van der Waals surface area contributed by atoms with Gasteiger partial charge in [-0.2, -0.15) is 0 Å². The molecule has 0 radical (unpaired) electrons. The van der Waals surface area contributed by atoms with Gasteiger partial charge in [0.2, 0.25) is 5.91 Å². The lowest BCUT2D eigenvalue weighted by atomic mass is 10.2. The van der Waals surface area contributed by atoms with Gasteiger partial charge >= 0.3 is 0 Å². The van der Waals surface area contributed by atoms with Gasteiger partial charge in [-0.1, -0.05) is 48.2 Å². The Hall–Kier alpha value is -2.16. The van der Waals surface area contributed by atoms with Crippen LogP contribution in [0.25, 0.3) is 10.7 Å². The minimum absolute atomic E-state index is 0.107. The molecule has 8 heteroatoms. The summed E-state index contributed by atoms with van der Waals surface area (Å²) in [5.74, 6) is 1.30. The summed E-state index contributed by atoms with van der Waals surface area (Å²) in [4.78, 5) is 15.8. The summed E-state index contributed by atoms with van der Waals surface area (Å²) in [6.45, 7) is 4.85. The predicted molar refractivity (Wildman–Crippen MR) is 121 cm³/mol. The summed E-state index contributed by atoms with van der Waals surface area (Å²) >= 11 is 3.11. The SMILES string of the molecule is CCN(Cc1ccccc1)C(=O)CSc1nnc(-c2cccs2)n1CC1CCCO1. The lowest BCUT2D eigenvalue weighted by Crippen LogP contribution is -2.31. The Kier molecular flexibility index (Phi) is 7.20. The number of aromatic nitrogens is 3. The fraction of sp³-hybridized carbons (Fsp3) is 0.409. The number of hydrogen-bond donors (Lipinski definition) is 0. The van der Waals surface area contributed by atoms with Crippen LogP contribution in [-0.4, -0.2) is 50.6 Å². The van der Waals surface area contributed by atoms with Crippen LogP contribution in [0.4, 0.5) is 0 Å². The highest BCUT2D eigenvalue weighted by molar-refractivity contribution is 7.99. The fourth-order valence-corrected chi connectivity index (χ4v) is 5.11. The Bertz CT molecular complexity index is 937. The quantitative estimate of drug-likeness (QED) is 0.462. The van der Waals surface area contributed by atoms with E-state index >= 15 is 0 Å². The Morgan fingerprint density at radius 2 is 2.13 bits per heavy atom. The van der Waals surface area contributed by atoms with E-state index in [0.717, 1.165) is 47.4 Å². The van der Waals surface area contributed by atoms with E-state index in [1.54, 1.807) is 11.3 Å². The van der Waals surface area contributed by atoms with E-state index in [9.17, 15) is 4.79 Å². The standard InChI is InChI=1S/C22H26N4O2S2/c1-2-25(14-17-8-4-3-5-9-17)20(27)16-30-22-24-23-21(19-11-7-13-29-19)26(22)15-18-10-6-12-28-18/h3-5,7-9,11,13,18H,2,6,10,12,14-16H2,1H3. The third-order valence-electron chi connectivity index (χ3n) is 5.14. The number of ether oxygens (including phenoxy) is 1. The highest BCUT2D eigenvalue weighted by Gasteiger charge is 2.23. The largest absolute Gasteiger partial charge is 0.376 e. The summed E-state index contributed by atoms with van der Waals surface area (Å²) in [5.41, 5.74) is 1.14. The van der Waals surface area contributed by atoms with Crippen LogP contribution >= 0.6 is 23.1 Å². The molecule has 1 aromatic carbocycles. The topological polar surface area (TPSA) is 60.2 Å². The van der Waals surface area contributed by atoms with E-state index in [0.29, 0.717) is 18.8 Å². The maximum atomic E-state index is 12.9. The number of hydrogen-bond acceptors (Lipinski definition) is 6. The molecule has 6 nitrogen and oxygen atoms in total. The second-order valence-electron chi connectivity index (χ2n) is 7.21. The number of benzene rings is 1. The molecule has 3 heterocycles. The van der Waals surface area contributed by atoms with Crippen LogP contribution in [0.15, 0.2) is 53.0 Å². The molecular formula is C22H26N4O2S2. The number of amides is 1. The Morgan fingerprint density at radius 1 is 1.27 bits per heavy atom. The van der Waals surface area contributed by atoms with Crippen molar-refractivity contribution in [1.82, 2.24) is 19.7 Å². The average Bonchev–Trinajstić information content (AvgIpc) is 3.54. The van der Waals surface area contributed by atoms with Crippen LogP contribution in [0.3, 0.4) is 0 Å². The summed E-state index contributed by atoms with van der Waals surface area (Å²) < 4.78 is 7.96. The normalized spacial score (nSPS) is 16.1. The summed E-state index contributed by atoms with van der Waals surface area (Å²) in [6.07, 6.45) is 2.32. The van der Waals surface area contributed by atoms with Gasteiger partial charge in [0.05, 0.1) is 23.3 Å². The first kappa shape index (κ1) is 21.1. The Labute approximate surface area is 185 Å². The van der Waals surface area contributed by atoms with Crippen LogP contribution in [0.5, 0.6) is 0 Å². The minimum Gasteiger partial charge on any atom is -0.376 e. The molecule has 1 amide bonds. The molecule has 1 saturated heterocycles. The van der Waals surface area contributed by atoms with Gasteiger partial charge < -0.3 is 9.64 Å². The van der Waals surface area contributed by atoms with Gasteiger partial charge in [0.15, 0.2) is 11.0 Å². The van der Waals surface area contributed by atoms with E-state index in [1.807, 2.05) is 41.5 Å². The highest BCUT2D eigenvalue weighted by atomic mass is 32.2. The van der Waals surface area contributed by atoms with Crippen LogP contribution < -0.4 is 0 Å². The molecule has 4 rings (SSSR count). The van der Waals surface area contributed by atoms with Crippen molar-refractivity contribution in [2.24, 2.45) is 0 Å². The predicted octanol–water partition coefficient (Wildman–Crippen LogP) is 4.33. The van der Waals surface area contributed by atoms with Crippen molar-refractivity contribution in [3.63, 3.8) is 0 Å². The number of thiophene rings is 1. The average molecular weight is 443 g/mol. The van der Waals surface area contributed by atoms with Gasteiger partial charge in [0.1, 0.15) is 0 Å². The van der Waals surface area contributed by atoms with Crippen molar-refractivity contribution in [3.8, 4) is 10.7 Å². The van der Waals surface area contributed by atoms with Crippen molar-refractivity contribution in [2.45, 2.75) is 44.1 Å². The van der Waals surface area contributed by atoms with Crippen LogP contribution in [0.2, 0.25) is 0 Å². The smallest absolute Gasteiger partial charge is 0.233 e. The first-order valence-corrected chi connectivity index (χ1v) is 12.1. The van der Waals surface area contributed by atoms with E-state index in [2.05, 4.69) is 33.0 Å². The van der Waals surface area contributed by atoms with Crippen molar-refractivity contribution in [1.29, 1.82) is 0 Å². The maximum Gasteiger partial charge on any atom is 0.233 e. The number of carbonyl (C=O) groups is 1. The zero-order chi connectivity index (χ0) is 20.8. The van der Waals surface area contributed by atoms with E-state index in [4.69, 9.17) is 4.74 Å². The van der Waals surface area contributed by atoms with Gasteiger partial charge in [-0.25, -0.2) is 0 Å². The van der Waals surface area contributed by atoms with E-state index < -0.39 is 0 Å². The Morgan fingerprint density at radius 3 is 2.83 bits per heavy atom. The van der Waals surface area contributed by atoms with Gasteiger partial charge in [-0.15, -0.1) is 21.5 Å². The minimum atomic E-state index is 0.107. The second-order valence-corrected chi connectivity index (χ2v) is 9.10. The number of carbonyl (C=O) groups excluding carboxylic acids is 1. The molecule has 0 saturated carbocycles. The first-order valence-electron chi connectivity index (χ1n) is 10.3. The van der Waals surface area contributed by atoms with Gasteiger partial charge in [0, 0.05) is 19.7 Å². The van der Waals surface area contributed by atoms with Gasteiger partial charge in [0.25, 0.3) is 0 Å². The van der Waals surface area contributed by atoms with Crippen LogP contribution in [-0.2, 0) is 22.6 Å². The third-order valence-corrected chi connectivity index (χ3v) is 6.96. The molecule has 0 aliphatic carbocycles. The summed E-state index contributed by atoms with van der Waals surface area (Å²) in [7, 11) is 0. The van der Waals surface area contributed by atoms with Crippen molar-refractivity contribution >= 4 is 29.0 Å². The second kappa shape index (κ2) is 10.2. The molecule has 0 spiro atoms. The third kappa shape index (κ3) is 5.11. The fourth-order valence-electron chi connectivity index (χ4n) is 3.54. The lowest BCUT2D eigenvalue weighted by molar-refractivity contribution is -0.128. The maximum absolute atomic E-state index is 12.9. The molecule has 1 fully saturated rings. The molecular weight excluding hydrogens is 416 g/mol. The summed E-state index contributed by atoms with van der Waals surface area (Å²) in [5, 5.41) is 11.7. The van der Waals surface area contributed by atoms with Gasteiger partial charge in [-0.05, 0) is 36.8 Å².